The summed E-state index contributed by atoms with van der Waals surface area (Å²) < 4.78 is 33.8. The van der Waals surface area contributed by atoms with E-state index in [1.165, 1.54) is 11.3 Å². The van der Waals surface area contributed by atoms with Gasteiger partial charge in [0.2, 0.25) is 10.0 Å². The number of thiophene rings is 1. The van der Waals surface area contributed by atoms with Crippen LogP contribution in [-0.4, -0.2) is 26.7 Å². The van der Waals surface area contributed by atoms with Gasteiger partial charge in [0.25, 0.3) is 0 Å². The molecule has 0 aromatic carbocycles. The molecule has 21 heavy (non-hydrogen) atoms. The molecule has 3 N–H and O–H groups in total. The van der Waals surface area contributed by atoms with E-state index in [0.29, 0.717) is 22.8 Å². The second-order valence-electron chi connectivity index (χ2n) is 5.46. The van der Waals surface area contributed by atoms with E-state index in [9.17, 15) is 8.42 Å². The third kappa shape index (κ3) is 3.65. The number of nitrogens with one attached hydrogen (secondary N) is 1. The van der Waals surface area contributed by atoms with Crippen LogP contribution in [0.2, 0.25) is 0 Å². The minimum Gasteiger partial charge on any atom is -0.375 e. The lowest BCUT2D eigenvalue weighted by Gasteiger charge is -2.40. The summed E-state index contributed by atoms with van der Waals surface area (Å²) in [5.41, 5.74) is 5.41. The summed E-state index contributed by atoms with van der Waals surface area (Å²) >= 11 is 1.38. The summed E-state index contributed by atoms with van der Waals surface area (Å²) in [6, 6.07) is 1.55. The fourth-order valence-corrected chi connectivity index (χ4v) is 5.48. The van der Waals surface area contributed by atoms with Crippen molar-refractivity contribution in [3.05, 3.63) is 16.3 Å². The lowest BCUT2D eigenvalue weighted by Crippen LogP contribution is -2.48. The highest BCUT2D eigenvalue weighted by Crippen LogP contribution is 2.32. The average Bonchev–Trinajstić information content (AvgIpc) is 2.96. The molecular weight excluding hydrogens is 308 g/mol. The first-order chi connectivity index (χ1) is 9.96. The second-order valence-corrected chi connectivity index (χ2v) is 8.14. The molecule has 0 aliphatic carbocycles. The van der Waals surface area contributed by atoms with Crippen molar-refractivity contribution in [3.63, 3.8) is 0 Å². The Hall–Kier alpha value is -0.470. The van der Waals surface area contributed by atoms with Gasteiger partial charge < -0.3 is 10.5 Å². The zero-order valence-corrected chi connectivity index (χ0v) is 14.2. The Balaban J connectivity index is 2.14. The summed E-state index contributed by atoms with van der Waals surface area (Å²) in [5.74, 6) is 0. The number of hydrogen-bond acceptors (Lipinski definition) is 5. The lowest BCUT2D eigenvalue weighted by molar-refractivity contribution is -0.0905. The molecule has 5 nitrogen and oxygen atoms in total. The van der Waals surface area contributed by atoms with Gasteiger partial charge in [-0.3, -0.25) is 0 Å². The number of ether oxygens (including phenoxy) is 1. The highest BCUT2D eigenvalue weighted by Gasteiger charge is 2.36. The second kappa shape index (κ2) is 6.75. The monoisotopic (exact) mass is 332 g/mol. The quantitative estimate of drug-likeness (QED) is 0.837. The van der Waals surface area contributed by atoms with Gasteiger partial charge in [0.1, 0.15) is 0 Å². The molecule has 7 heteroatoms. The molecule has 1 aromatic rings. The first-order valence-corrected chi connectivity index (χ1v) is 9.75. The fraction of sp³-hybridized carbons (Fsp3) is 0.714. The summed E-state index contributed by atoms with van der Waals surface area (Å²) in [5, 5.41) is 1.77. The van der Waals surface area contributed by atoms with Crippen LogP contribution in [0.15, 0.2) is 16.3 Å². The Morgan fingerprint density at radius 3 is 2.81 bits per heavy atom. The highest BCUT2D eigenvalue weighted by atomic mass is 32.2. The zero-order chi connectivity index (χ0) is 15.5. The van der Waals surface area contributed by atoms with E-state index in [1.807, 2.05) is 0 Å². The van der Waals surface area contributed by atoms with Gasteiger partial charge in [0.15, 0.2) is 0 Å². The maximum atomic E-state index is 12.5. The Bertz CT molecular complexity index is 565. The van der Waals surface area contributed by atoms with E-state index < -0.39 is 10.0 Å². The van der Waals surface area contributed by atoms with E-state index in [0.717, 1.165) is 19.3 Å². The molecule has 1 atom stereocenters. The minimum absolute atomic E-state index is 0.0748. The number of hydrogen-bond donors (Lipinski definition) is 2. The lowest BCUT2D eigenvalue weighted by atomic mass is 9.86. The average molecular weight is 332 g/mol. The molecule has 1 aromatic heterocycles. The van der Waals surface area contributed by atoms with Crippen molar-refractivity contribution in [1.29, 1.82) is 0 Å². The molecule has 2 rings (SSSR count). The van der Waals surface area contributed by atoms with Crippen LogP contribution < -0.4 is 10.5 Å². The van der Waals surface area contributed by atoms with Crippen LogP contribution in [0.1, 0.15) is 44.4 Å². The molecule has 120 valence electrons. The molecule has 1 aliphatic rings. The third-order valence-electron chi connectivity index (χ3n) is 4.28. The Kier molecular flexibility index (Phi) is 5.43. The third-order valence-corrected chi connectivity index (χ3v) is 6.96. The van der Waals surface area contributed by atoms with Crippen molar-refractivity contribution in [2.45, 2.75) is 62.6 Å². The number of nitrogens with two attached hydrogens (primary N) is 1. The smallest absolute Gasteiger partial charge is 0.241 e. The van der Waals surface area contributed by atoms with E-state index in [2.05, 4.69) is 18.6 Å². The molecule has 0 amide bonds. The molecule has 1 fully saturated rings. The van der Waals surface area contributed by atoms with E-state index >= 15 is 0 Å². The van der Waals surface area contributed by atoms with Crippen molar-refractivity contribution in [3.8, 4) is 0 Å². The maximum Gasteiger partial charge on any atom is 0.241 e. The Morgan fingerprint density at radius 1 is 1.48 bits per heavy atom. The highest BCUT2D eigenvalue weighted by molar-refractivity contribution is 7.89. The predicted octanol–water partition coefficient (Wildman–Crippen LogP) is 2.22. The van der Waals surface area contributed by atoms with Gasteiger partial charge in [-0.15, -0.1) is 11.3 Å². The fourth-order valence-electron chi connectivity index (χ4n) is 2.87. The molecule has 1 unspecified atom stereocenters. The molecule has 0 bridgehead atoms. The van der Waals surface area contributed by atoms with Gasteiger partial charge in [-0.2, -0.15) is 0 Å². The number of sulfonamides is 1. The van der Waals surface area contributed by atoms with Crippen molar-refractivity contribution >= 4 is 21.4 Å². The standard InChI is InChI=1S/C14H24N2O3S2/c1-3-14(4-2)9-11(5-7-19-14)16-21(17,18)13-6-8-20-12(13)10-15/h6,8,11,16H,3-5,7,9-10,15H2,1-2H3. The normalized spacial score (nSPS) is 22.3. The largest absolute Gasteiger partial charge is 0.375 e. The summed E-state index contributed by atoms with van der Waals surface area (Å²) in [6.45, 7) is 5.02. The van der Waals surface area contributed by atoms with E-state index in [4.69, 9.17) is 10.5 Å². The van der Waals surface area contributed by atoms with Crippen LogP contribution in [0.5, 0.6) is 0 Å². The minimum atomic E-state index is -3.50. The van der Waals surface area contributed by atoms with E-state index in [-0.39, 0.29) is 18.2 Å². The van der Waals surface area contributed by atoms with Gasteiger partial charge in [-0.25, -0.2) is 13.1 Å². The Morgan fingerprint density at radius 2 is 2.19 bits per heavy atom. The summed E-state index contributed by atoms with van der Waals surface area (Å²) in [7, 11) is -3.50. The van der Waals surface area contributed by atoms with Crippen molar-refractivity contribution in [1.82, 2.24) is 4.72 Å². The van der Waals surface area contributed by atoms with Gasteiger partial charge >= 0.3 is 0 Å². The molecule has 0 spiro atoms. The van der Waals surface area contributed by atoms with Crippen LogP contribution in [-0.2, 0) is 21.3 Å². The molecule has 0 saturated carbocycles. The van der Waals surface area contributed by atoms with Crippen LogP contribution in [0, 0.1) is 0 Å². The first kappa shape index (κ1) is 16.9. The van der Waals surface area contributed by atoms with Gasteiger partial charge in [0, 0.05) is 24.1 Å². The van der Waals surface area contributed by atoms with Crippen molar-refractivity contribution in [2.24, 2.45) is 5.73 Å². The van der Waals surface area contributed by atoms with Gasteiger partial charge in [-0.1, -0.05) is 13.8 Å². The van der Waals surface area contributed by atoms with E-state index in [1.54, 1.807) is 11.4 Å². The van der Waals surface area contributed by atoms with Crippen LogP contribution in [0.4, 0.5) is 0 Å². The molecule has 1 saturated heterocycles. The maximum absolute atomic E-state index is 12.5. The van der Waals surface area contributed by atoms with Crippen molar-refractivity contribution in [2.75, 3.05) is 6.61 Å². The number of rotatable bonds is 6. The first-order valence-electron chi connectivity index (χ1n) is 7.39. The van der Waals surface area contributed by atoms with Gasteiger partial charge in [0.05, 0.1) is 10.5 Å². The summed E-state index contributed by atoms with van der Waals surface area (Å²) in [6.07, 6.45) is 3.23. The van der Waals surface area contributed by atoms with Gasteiger partial charge in [-0.05, 0) is 37.1 Å². The molecular formula is C14H24N2O3S2. The predicted molar refractivity (Wildman–Crippen MR) is 84.8 cm³/mol. The van der Waals surface area contributed by atoms with Crippen molar-refractivity contribution < 1.29 is 13.2 Å². The topological polar surface area (TPSA) is 81.4 Å². The molecule has 1 aliphatic heterocycles. The Labute approximate surface area is 130 Å². The van der Waals surface area contributed by atoms with Crippen LogP contribution >= 0.6 is 11.3 Å². The molecule has 0 radical (unpaired) electrons. The molecule has 2 heterocycles. The van der Waals surface area contributed by atoms with Crippen LogP contribution in [0.3, 0.4) is 0 Å². The zero-order valence-electron chi connectivity index (χ0n) is 12.6. The summed E-state index contributed by atoms with van der Waals surface area (Å²) in [4.78, 5) is 1.02. The van der Waals surface area contributed by atoms with Crippen LogP contribution in [0.25, 0.3) is 0 Å². The SMILES string of the molecule is CCC1(CC)CC(NS(=O)(=O)c2ccsc2CN)CCO1.